The molecule has 1 atom stereocenters. The standard InChI is InChI=1S/C11H19N3O3/c12-9(7-10(15)16)11(17)14-5-3-13(4-6-14)8-1-2-8/h8-9H,1-7,12H2,(H,15,16). The van der Waals surface area contributed by atoms with E-state index in [2.05, 4.69) is 4.90 Å². The highest BCUT2D eigenvalue weighted by atomic mass is 16.4. The smallest absolute Gasteiger partial charge is 0.305 e. The molecular formula is C11H19N3O3. The average molecular weight is 241 g/mol. The Bertz CT molecular complexity index is 309. The van der Waals surface area contributed by atoms with Gasteiger partial charge in [-0.05, 0) is 12.8 Å². The number of nitrogens with two attached hydrogens (primary N) is 1. The molecule has 1 heterocycles. The number of carboxylic acids is 1. The second-order valence-electron chi connectivity index (χ2n) is 4.80. The maximum atomic E-state index is 11.8. The fourth-order valence-corrected chi connectivity index (χ4v) is 2.26. The van der Waals surface area contributed by atoms with Crippen molar-refractivity contribution < 1.29 is 14.7 Å². The predicted octanol–water partition coefficient (Wildman–Crippen LogP) is -0.905. The first-order valence-electron chi connectivity index (χ1n) is 6.08. The molecule has 0 aromatic carbocycles. The van der Waals surface area contributed by atoms with Crippen LogP contribution in [0.5, 0.6) is 0 Å². The van der Waals surface area contributed by atoms with Crippen LogP contribution in [0, 0.1) is 0 Å². The Kier molecular flexibility index (Phi) is 3.63. The molecule has 0 aromatic rings. The Balaban J connectivity index is 1.78. The summed E-state index contributed by atoms with van der Waals surface area (Å²) in [5.41, 5.74) is 5.57. The number of nitrogens with zero attached hydrogens (tertiary/aromatic N) is 2. The number of carboxylic acid groups (broad SMARTS) is 1. The SMILES string of the molecule is NC(CC(=O)O)C(=O)N1CCN(C2CC2)CC1. The van der Waals surface area contributed by atoms with E-state index in [1.165, 1.54) is 12.8 Å². The molecule has 1 unspecified atom stereocenters. The molecule has 0 bridgehead atoms. The minimum Gasteiger partial charge on any atom is -0.481 e. The van der Waals surface area contributed by atoms with Crippen molar-refractivity contribution >= 4 is 11.9 Å². The second kappa shape index (κ2) is 5.01. The molecule has 2 rings (SSSR count). The first-order chi connectivity index (χ1) is 8.08. The van der Waals surface area contributed by atoms with E-state index in [-0.39, 0.29) is 12.3 Å². The Labute approximate surface area is 100 Å². The third-order valence-corrected chi connectivity index (χ3v) is 3.40. The van der Waals surface area contributed by atoms with Crippen LogP contribution < -0.4 is 5.73 Å². The average Bonchev–Trinajstić information content (AvgIpc) is 3.11. The Morgan fingerprint density at radius 3 is 2.29 bits per heavy atom. The van der Waals surface area contributed by atoms with E-state index >= 15 is 0 Å². The fraction of sp³-hybridized carbons (Fsp3) is 0.818. The molecular weight excluding hydrogens is 222 g/mol. The molecule has 3 N–H and O–H groups in total. The van der Waals surface area contributed by atoms with Crippen LogP contribution in [0.4, 0.5) is 0 Å². The number of piperazine rings is 1. The van der Waals surface area contributed by atoms with Crippen LogP contribution in [0.15, 0.2) is 0 Å². The Hall–Kier alpha value is -1.14. The monoisotopic (exact) mass is 241 g/mol. The Morgan fingerprint density at radius 1 is 1.24 bits per heavy atom. The molecule has 1 saturated heterocycles. The van der Waals surface area contributed by atoms with Gasteiger partial charge in [-0.3, -0.25) is 14.5 Å². The van der Waals surface area contributed by atoms with Gasteiger partial charge in [0.15, 0.2) is 0 Å². The van der Waals surface area contributed by atoms with E-state index < -0.39 is 12.0 Å². The van der Waals surface area contributed by atoms with Gasteiger partial charge in [-0.1, -0.05) is 0 Å². The van der Waals surface area contributed by atoms with Crippen molar-refractivity contribution in [2.75, 3.05) is 26.2 Å². The number of rotatable bonds is 4. The predicted molar refractivity (Wildman–Crippen MR) is 61.4 cm³/mol. The van der Waals surface area contributed by atoms with E-state index in [4.69, 9.17) is 10.8 Å². The van der Waals surface area contributed by atoms with Gasteiger partial charge in [-0.25, -0.2) is 0 Å². The number of hydrogen-bond acceptors (Lipinski definition) is 4. The maximum Gasteiger partial charge on any atom is 0.305 e. The van der Waals surface area contributed by atoms with Crippen LogP contribution in [0.1, 0.15) is 19.3 Å². The quantitative estimate of drug-likeness (QED) is 0.665. The molecule has 2 fully saturated rings. The molecule has 2 aliphatic rings. The summed E-state index contributed by atoms with van der Waals surface area (Å²) in [5.74, 6) is -1.26. The molecule has 0 spiro atoms. The number of carbonyl (C=O) groups excluding carboxylic acids is 1. The van der Waals surface area contributed by atoms with Gasteiger partial charge in [0.25, 0.3) is 0 Å². The summed E-state index contributed by atoms with van der Waals surface area (Å²) in [6.07, 6.45) is 2.25. The molecule has 96 valence electrons. The van der Waals surface area contributed by atoms with Crippen LogP contribution >= 0.6 is 0 Å². The van der Waals surface area contributed by atoms with Crippen molar-refractivity contribution in [1.82, 2.24) is 9.80 Å². The van der Waals surface area contributed by atoms with E-state index in [1.807, 2.05) is 0 Å². The lowest BCUT2D eigenvalue weighted by Crippen LogP contribution is -2.53. The number of aliphatic carboxylic acids is 1. The van der Waals surface area contributed by atoms with Crippen LogP contribution in [-0.2, 0) is 9.59 Å². The summed E-state index contributed by atoms with van der Waals surface area (Å²) in [7, 11) is 0. The zero-order valence-corrected chi connectivity index (χ0v) is 9.84. The summed E-state index contributed by atoms with van der Waals surface area (Å²) in [4.78, 5) is 26.4. The van der Waals surface area contributed by atoms with Gasteiger partial charge < -0.3 is 15.7 Å². The van der Waals surface area contributed by atoms with E-state index in [1.54, 1.807) is 4.90 Å². The van der Waals surface area contributed by atoms with Crippen LogP contribution in [0.25, 0.3) is 0 Å². The van der Waals surface area contributed by atoms with E-state index in [0.717, 1.165) is 19.1 Å². The van der Waals surface area contributed by atoms with Crippen LogP contribution in [-0.4, -0.2) is 65.0 Å². The molecule has 1 aliphatic carbocycles. The summed E-state index contributed by atoms with van der Waals surface area (Å²) in [6, 6.07) is -0.181. The van der Waals surface area contributed by atoms with Crippen molar-refractivity contribution in [3.8, 4) is 0 Å². The third-order valence-electron chi connectivity index (χ3n) is 3.40. The molecule has 1 amide bonds. The summed E-state index contributed by atoms with van der Waals surface area (Å²) in [5, 5.41) is 8.60. The van der Waals surface area contributed by atoms with Gasteiger partial charge in [0, 0.05) is 32.2 Å². The summed E-state index contributed by atoms with van der Waals surface area (Å²) >= 11 is 0. The summed E-state index contributed by atoms with van der Waals surface area (Å²) in [6.45, 7) is 3.11. The topological polar surface area (TPSA) is 86.9 Å². The molecule has 17 heavy (non-hydrogen) atoms. The van der Waals surface area contributed by atoms with Gasteiger partial charge in [0.05, 0.1) is 12.5 Å². The molecule has 0 radical (unpaired) electrons. The van der Waals surface area contributed by atoms with E-state index in [9.17, 15) is 9.59 Å². The second-order valence-corrected chi connectivity index (χ2v) is 4.80. The van der Waals surface area contributed by atoms with Gasteiger partial charge in [-0.2, -0.15) is 0 Å². The summed E-state index contributed by atoms with van der Waals surface area (Å²) < 4.78 is 0. The molecule has 1 saturated carbocycles. The van der Waals surface area contributed by atoms with Crippen molar-refractivity contribution in [2.24, 2.45) is 5.73 Å². The highest BCUT2D eigenvalue weighted by molar-refractivity contribution is 5.86. The number of amides is 1. The first kappa shape index (κ1) is 12.3. The lowest BCUT2D eigenvalue weighted by molar-refractivity contribution is -0.142. The fourth-order valence-electron chi connectivity index (χ4n) is 2.26. The van der Waals surface area contributed by atoms with E-state index in [0.29, 0.717) is 13.1 Å². The van der Waals surface area contributed by atoms with Gasteiger partial charge in [0.2, 0.25) is 5.91 Å². The molecule has 6 heteroatoms. The zero-order valence-electron chi connectivity index (χ0n) is 9.84. The zero-order chi connectivity index (χ0) is 12.4. The highest BCUT2D eigenvalue weighted by Crippen LogP contribution is 2.27. The van der Waals surface area contributed by atoms with Gasteiger partial charge >= 0.3 is 5.97 Å². The van der Waals surface area contributed by atoms with Crippen molar-refractivity contribution in [2.45, 2.75) is 31.3 Å². The maximum absolute atomic E-state index is 11.8. The van der Waals surface area contributed by atoms with Crippen molar-refractivity contribution in [3.63, 3.8) is 0 Å². The molecule has 0 aromatic heterocycles. The normalized spacial score (nSPS) is 23.5. The largest absolute Gasteiger partial charge is 0.481 e. The van der Waals surface area contributed by atoms with Crippen molar-refractivity contribution in [1.29, 1.82) is 0 Å². The first-order valence-corrected chi connectivity index (χ1v) is 6.08. The van der Waals surface area contributed by atoms with Crippen molar-refractivity contribution in [3.05, 3.63) is 0 Å². The number of carbonyl (C=O) groups is 2. The molecule has 6 nitrogen and oxygen atoms in total. The lowest BCUT2D eigenvalue weighted by Gasteiger charge is -2.35. The highest BCUT2D eigenvalue weighted by Gasteiger charge is 2.33. The van der Waals surface area contributed by atoms with Crippen LogP contribution in [0.2, 0.25) is 0 Å². The minimum atomic E-state index is -1.03. The minimum absolute atomic E-state index is 0.233. The molecule has 1 aliphatic heterocycles. The Morgan fingerprint density at radius 2 is 1.82 bits per heavy atom. The number of hydrogen-bond donors (Lipinski definition) is 2. The van der Waals surface area contributed by atoms with Gasteiger partial charge in [0.1, 0.15) is 0 Å². The lowest BCUT2D eigenvalue weighted by atomic mass is 10.1. The van der Waals surface area contributed by atoms with Crippen LogP contribution in [0.3, 0.4) is 0 Å². The van der Waals surface area contributed by atoms with Gasteiger partial charge in [-0.15, -0.1) is 0 Å². The third kappa shape index (κ3) is 3.17.